The Hall–Kier alpha value is -2.89. The number of carbonyl (C=O) groups excluding carboxylic acids is 1. The highest BCUT2D eigenvalue weighted by atomic mass is 16.8. The van der Waals surface area contributed by atoms with Gasteiger partial charge in [-0.25, -0.2) is 10.1 Å². The summed E-state index contributed by atoms with van der Waals surface area (Å²) in [5, 5.41) is 5.84. The lowest BCUT2D eigenvalue weighted by molar-refractivity contribution is -0.0770. The van der Waals surface area contributed by atoms with Crippen molar-refractivity contribution in [3.63, 3.8) is 0 Å². The smallest absolute Gasteiger partial charge is 0.435 e. The van der Waals surface area contributed by atoms with Gasteiger partial charge in [0.1, 0.15) is 0 Å². The van der Waals surface area contributed by atoms with Gasteiger partial charge in [-0.15, -0.1) is 0 Å². The molecule has 2 aromatic carbocycles. The topological polar surface area (TPSA) is 68.8 Å². The molecule has 2 N–H and O–H groups in total. The van der Waals surface area contributed by atoms with Crippen LogP contribution in [-0.4, -0.2) is 18.7 Å². The van der Waals surface area contributed by atoms with Crippen molar-refractivity contribution in [3.8, 4) is 11.5 Å². The molecule has 0 spiro atoms. The van der Waals surface area contributed by atoms with Crippen molar-refractivity contribution in [2.75, 3.05) is 11.9 Å². The maximum atomic E-state index is 12.0. The Morgan fingerprint density at radius 1 is 1.08 bits per heavy atom. The summed E-state index contributed by atoms with van der Waals surface area (Å²) in [6.07, 6.45) is -0.634. The number of hydrogen-bond donors (Lipinski definition) is 2. The summed E-state index contributed by atoms with van der Waals surface area (Å²) >= 11 is 0. The van der Waals surface area contributed by atoms with Gasteiger partial charge in [-0.1, -0.05) is 29.8 Å². The Bertz CT molecular complexity index is 756. The van der Waals surface area contributed by atoms with Crippen LogP contribution >= 0.6 is 0 Å². The summed E-state index contributed by atoms with van der Waals surface area (Å²) in [5.41, 5.74) is 4.02. The summed E-state index contributed by atoms with van der Waals surface area (Å²) in [4.78, 5) is 12.0. The second kappa shape index (κ2) is 6.55. The van der Waals surface area contributed by atoms with Crippen LogP contribution < -0.4 is 20.1 Å². The van der Waals surface area contributed by atoms with E-state index in [1.54, 1.807) is 19.1 Å². The van der Waals surface area contributed by atoms with E-state index in [0.29, 0.717) is 11.5 Å². The molecule has 1 aliphatic rings. The Balaban J connectivity index is 1.95. The van der Waals surface area contributed by atoms with Gasteiger partial charge in [0.15, 0.2) is 11.5 Å². The predicted octanol–water partition coefficient (Wildman–Crippen LogP) is 3.85. The lowest BCUT2D eigenvalue weighted by Gasteiger charge is -2.30. The molecule has 0 aliphatic carbocycles. The van der Waals surface area contributed by atoms with Gasteiger partial charge in [0.25, 0.3) is 0 Å². The number of hydrogen-bond acceptors (Lipinski definition) is 5. The summed E-state index contributed by atoms with van der Waals surface area (Å²) in [5.74, 6) is 1.07. The zero-order valence-electron chi connectivity index (χ0n) is 14.8. The number of carbonyl (C=O) groups is 1. The van der Waals surface area contributed by atoms with Crippen LogP contribution in [0.1, 0.15) is 23.6 Å². The van der Waals surface area contributed by atoms with Crippen molar-refractivity contribution in [2.45, 2.75) is 33.7 Å². The molecule has 6 heteroatoms. The van der Waals surface area contributed by atoms with Gasteiger partial charge < -0.3 is 14.2 Å². The van der Waals surface area contributed by atoms with Crippen LogP contribution in [0.15, 0.2) is 36.4 Å². The normalized spacial score (nSPS) is 14.1. The van der Waals surface area contributed by atoms with E-state index in [2.05, 4.69) is 22.8 Å². The number of rotatable bonds is 4. The van der Waals surface area contributed by atoms with Crippen LogP contribution in [0.4, 0.5) is 10.5 Å². The average Bonchev–Trinajstić information content (AvgIpc) is 2.89. The molecule has 0 bridgehead atoms. The minimum atomic E-state index is -1.57. The molecule has 6 nitrogen and oxygen atoms in total. The molecule has 25 heavy (non-hydrogen) atoms. The van der Waals surface area contributed by atoms with Gasteiger partial charge in [-0.2, -0.15) is 0 Å². The van der Waals surface area contributed by atoms with Crippen LogP contribution in [0.25, 0.3) is 0 Å². The van der Waals surface area contributed by atoms with E-state index in [-0.39, 0.29) is 6.61 Å². The fraction of sp³-hybridized carbons (Fsp3) is 0.316. The number of ether oxygens (including phenoxy) is 3. The highest BCUT2D eigenvalue weighted by Gasteiger charge is 2.45. The second-order valence-corrected chi connectivity index (χ2v) is 6.01. The van der Waals surface area contributed by atoms with E-state index in [1.165, 1.54) is 0 Å². The van der Waals surface area contributed by atoms with Gasteiger partial charge in [-0.3, -0.25) is 5.32 Å². The quantitative estimate of drug-likeness (QED) is 0.826. The maximum absolute atomic E-state index is 12.0. The minimum Gasteiger partial charge on any atom is -0.450 e. The fourth-order valence-electron chi connectivity index (χ4n) is 2.93. The third-order valence-corrected chi connectivity index (χ3v) is 3.87. The number of para-hydroxylation sites is 2. The molecule has 0 aromatic heterocycles. The van der Waals surface area contributed by atoms with Crippen LogP contribution in [0, 0.1) is 20.8 Å². The van der Waals surface area contributed by atoms with E-state index in [1.807, 2.05) is 32.9 Å². The third-order valence-electron chi connectivity index (χ3n) is 3.87. The van der Waals surface area contributed by atoms with Crippen molar-refractivity contribution < 1.29 is 19.0 Å². The van der Waals surface area contributed by atoms with Crippen LogP contribution in [0.2, 0.25) is 0 Å². The molecule has 1 aliphatic heterocycles. The number of alkyl carbamates (subject to hydrolysis) is 1. The lowest BCUT2D eigenvalue weighted by Crippen LogP contribution is -2.61. The molecular formula is C19H22N2O4. The van der Waals surface area contributed by atoms with E-state index < -0.39 is 12.1 Å². The number of amides is 1. The molecule has 3 rings (SSSR count). The Morgan fingerprint density at radius 2 is 1.64 bits per heavy atom. The highest BCUT2D eigenvalue weighted by Crippen LogP contribution is 2.39. The summed E-state index contributed by atoms with van der Waals surface area (Å²) in [6.45, 7) is 8.00. The SMILES string of the molecule is CCOC(=O)NC1(Nc2c(C)cc(C)cc2C)Oc2ccccc2O1. The van der Waals surface area contributed by atoms with Crippen LogP contribution in [-0.2, 0) is 4.74 Å². The van der Waals surface area contributed by atoms with Crippen molar-refractivity contribution in [3.05, 3.63) is 53.1 Å². The van der Waals surface area contributed by atoms with Gasteiger partial charge in [0.05, 0.1) is 6.61 Å². The van der Waals surface area contributed by atoms with Gasteiger partial charge in [0.2, 0.25) is 0 Å². The Labute approximate surface area is 147 Å². The van der Waals surface area contributed by atoms with E-state index in [0.717, 1.165) is 22.4 Å². The Kier molecular flexibility index (Phi) is 4.44. The summed E-state index contributed by atoms with van der Waals surface area (Å²) in [6, 6.07) is 9.77. The summed E-state index contributed by atoms with van der Waals surface area (Å²) < 4.78 is 16.8. The van der Waals surface area contributed by atoms with E-state index in [9.17, 15) is 4.79 Å². The minimum absolute atomic E-state index is 0.247. The van der Waals surface area contributed by atoms with E-state index >= 15 is 0 Å². The standard InChI is InChI=1S/C19H22N2O4/c1-5-23-18(22)21-19(24-15-8-6-7-9-16(15)25-19)20-17-13(3)10-12(2)11-14(17)4/h6-11,20H,5H2,1-4H3,(H,21,22). The maximum Gasteiger partial charge on any atom is 0.435 e. The number of anilines is 1. The highest BCUT2D eigenvalue weighted by molar-refractivity contribution is 5.70. The molecule has 0 atom stereocenters. The number of nitrogens with one attached hydrogen (secondary N) is 2. The molecule has 0 saturated heterocycles. The van der Waals surface area contributed by atoms with Gasteiger partial charge in [-0.05, 0) is 51.0 Å². The first-order valence-corrected chi connectivity index (χ1v) is 8.20. The largest absolute Gasteiger partial charge is 0.450 e. The third kappa shape index (κ3) is 3.47. The molecule has 0 unspecified atom stereocenters. The first kappa shape index (κ1) is 17.0. The van der Waals surface area contributed by atoms with Gasteiger partial charge in [0, 0.05) is 5.69 Å². The van der Waals surface area contributed by atoms with Gasteiger partial charge >= 0.3 is 12.1 Å². The van der Waals surface area contributed by atoms with E-state index in [4.69, 9.17) is 14.2 Å². The van der Waals surface area contributed by atoms with Crippen molar-refractivity contribution in [2.24, 2.45) is 0 Å². The first-order valence-electron chi connectivity index (χ1n) is 8.20. The molecule has 132 valence electrons. The zero-order chi connectivity index (χ0) is 18.0. The molecule has 2 aromatic rings. The molecule has 1 heterocycles. The second-order valence-electron chi connectivity index (χ2n) is 6.01. The monoisotopic (exact) mass is 342 g/mol. The van der Waals surface area contributed by atoms with Crippen molar-refractivity contribution in [1.29, 1.82) is 0 Å². The van der Waals surface area contributed by atoms with Crippen LogP contribution in [0.3, 0.4) is 0 Å². The van der Waals surface area contributed by atoms with Crippen LogP contribution in [0.5, 0.6) is 11.5 Å². The van der Waals surface area contributed by atoms with Crippen molar-refractivity contribution in [1.82, 2.24) is 5.32 Å². The predicted molar refractivity (Wildman–Crippen MR) is 94.9 cm³/mol. The lowest BCUT2D eigenvalue weighted by atomic mass is 10.1. The average molecular weight is 342 g/mol. The number of aryl methyl sites for hydroxylation is 3. The summed E-state index contributed by atoms with van der Waals surface area (Å²) in [7, 11) is 0. The van der Waals surface area contributed by atoms with Crippen molar-refractivity contribution >= 4 is 11.8 Å². The number of benzene rings is 2. The molecule has 0 fully saturated rings. The zero-order valence-corrected chi connectivity index (χ0v) is 14.8. The number of fused-ring (bicyclic) bond motifs is 1. The molecule has 1 amide bonds. The molecular weight excluding hydrogens is 320 g/mol. The Morgan fingerprint density at radius 3 is 2.16 bits per heavy atom. The molecule has 0 radical (unpaired) electrons. The molecule has 0 saturated carbocycles. The first-order chi connectivity index (χ1) is 11.9. The fourth-order valence-corrected chi connectivity index (χ4v) is 2.93.